The van der Waals surface area contributed by atoms with E-state index in [0.717, 1.165) is 24.3 Å². The fourth-order valence-electron chi connectivity index (χ4n) is 1.66. The van der Waals surface area contributed by atoms with Gasteiger partial charge in [-0.1, -0.05) is 26.8 Å². The number of hydrogen-bond donors (Lipinski definition) is 1. The first kappa shape index (κ1) is 14.7. The molecule has 18 heavy (non-hydrogen) atoms. The summed E-state index contributed by atoms with van der Waals surface area (Å²) in [6, 6.07) is 5.69. The molecule has 1 aromatic carbocycles. The lowest BCUT2D eigenvalue weighted by atomic mass is 10.1. The predicted octanol–water partition coefficient (Wildman–Crippen LogP) is 3.87. The normalized spacial score (nSPS) is 10.7. The fourth-order valence-corrected chi connectivity index (χ4v) is 1.66. The first-order valence-corrected chi connectivity index (χ1v) is 6.79. The molecule has 0 aliphatic heterocycles. The molecule has 0 atom stereocenters. The number of para-hydroxylation sites is 1. The summed E-state index contributed by atoms with van der Waals surface area (Å²) in [6.45, 7) is 7.89. The summed E-state index contributed by atoms with van der Waals surface area (Å²) >= 11 is 0. The summed E-state index contributed by atoms with van der Waals surface area (Å²) in [4.78, 5) is 0. The molecule has 0 aliphatic carbocycles. The Morgan fingerprint density at radius 3 is 2.28 bits per heavy atom. The van der Waals surface area contributed by atoms with Gasteiger partial charge in [-0.15, -0.1) is 0 Å². The van der Waals surface area contributed by atoms with Crippen molar-refractivity contribution in [1.29, 1.82) is 0 Å². The third-order valence-corrected chi connectivity index (χ3v) is 2.67. The number of nitrogens with two attached hydrogens (primary N) is 1. The Balaban J connectivity index is 2.49. The van der Waals surface area contributed by atoms with Gasteiger partial charge in [0.2, 0.25) is 0 Å². The van der Waals surface area contributed by atoms with Crippen LogP contribution in [0.4, 0.5) is 5.69 Å². The Bertz CT molecular complexity index is 350. The Morgan fingerprint density at radius 2 is 1.72 bits per heavy atom. The second-order valence-electron chi connectivity index (χ2n) is 4.90. The van der Waals surface area contributed by atoms with E-state index in [1.165, 1.54) is 6.42 Å². The molecule has 0 saturated carbocycles. The van der Waals surface area contributed by atoms with Gasteiger partial charge in [-0.3, -0.25) is 0 Å². The van der Waals surface area contributed by atoms with Gasteiger partial charge in [0.15, 0.2) is 0 Å². The van der Waals surface area contributed by atoms with Gasteiger partial charge in [0.05, 0.1) is 13.2 Å². The lowest BCUT2D eigenvalue weighted by molar-refractivity contribution is 0.292. The van der Waals surface area contributed by atoms with Crippen molar-refractivity contribution in [2.45, 2.75) is 40.0 Å². The van der Waals surface area contributed by atoms with Crippen molar-refractivity contribution in [3.8, 4) is 11.5 Å². The van der Waals surface area contributed by atoms with Crippen LogP contribution in [-0.2, 0) is 0 Å². The maximum absolute atomic E-state index is 6.02. The summed E-state index contributed by atoms with van der Waals surface area (Å²) in [5, 5.41) is 0. The quantitative estimate of drug-likeness (QED) is 0.563. The minimum absolute atomic E-state index is 0.607. The SMILES string of the molecule is CCCOc1cccc(OCCCC(C)C)c1N. The molecule has 0 unspecified atom stereocenters. The maximum Gasteiger partial charge on any atom is 0.146 e. The molecule has 0 spiro atoms. The second kappa shape index (κ2) is 7.85. The van der Waals surface area contributed by atoms with Crippen LogP contribution in [0.15, 0.2) is 18.2 Å². The summed E-state index contributed by atoms with van der Waals surface area (Å²) in [6.07, 6.45) is 3.20. The van der Waals surface area contributed by atoms with Crippen LogP contribution in [0.2, 0.25) is 0 Å². The van der Waals surface area contributed by atoms with Crippen LogP contribution in [0.5, 0.6) is 11.5 Å². The highest BCUT2D eigenvalue weighted by atomic mass is 16.5. The van der Waals surface area contributed by atoms with Gasteiger partial charge in [-0.05, 0) is 37.3 Å². The third-order valence-electron chi connectivity index (χ3n) is 2.67. The molecular formula is C15H25NO2. The predicted molar refractivity (Wildman–Crippen MR) is 76.2 cm³/mol. The zero-order valence-corrected chi connectivity index (χ0v) is 11.7. The number of anilines is 1. The summed E-state index contributed by atoms with van der Waals surface area (Å²) < 4.78 is 11.3. The number of nitrogen functional groups attached to an aromatic ring is 1. The molecule has 1 aromatic rings. The zero-order chi connectivity index (χ0) is 13.4. The molecule has 0 bridgehead atoms. The smallest absolute Gasteiger partial charge is 0.146 e. The molecule has 0 amide bonds. The maximum atomic E-state index is 6.02. The zero-order valence-electron chi connectivity index (χ0n) is 11.7. The number of rotatable bonds is 8. The molecule has 0 aromatic heterocycles. The first-order chi connectivity index (χ1) is 8.65. The lowest BCUT2D eigenvalue weighted by Crippen LogP contribution is -2.04. The Kier molecular flexibility index (Phi) is 6.40. The van der Waals surface area contributed by atoms with Gasteiger partial charge < -0.3 is 15.2 Å². The van der Waals surface area contributed by atoms with Gasteiger partial charge in [-0.2, -0.15) is 0 Å². The number of hydrogen-bond acceptors (Lipinski definition) is 3. The standard InChI is InChI=1S/C15H25NO2/c1-4-10-17-13-8-5-9-14(15(13)16)18-11-6-7-12(2)3/h5,8-9,12H,4,6-7,10-11,16H2,1-3H3. The van der Waals surface area contributed by atoms with Crippen molar-refractivity contribution in [2.75, 3.05) is 18.9 Å². The van der Waals surface area contributed by atoms with Crippen molar-refractivity contribution >= 4 is 5.69 Å². The van der Waals surface area contributed by atoms with Crippen molar-refractivity contribution < 1.29 is 9.47 Å². The van der Waals surface area contributed by atoms with Gasteiger partial charge in [0, 0.05) is 0 Å². The molecule has 3 heteroatoms. The van der Waals surface area contributed by atoms with E-state index in [4.69, 9.17) is 15.2 Å². The molecule has 3 nitrogen and oxygen atoms in total. The van der Waals surface area contributed by atoms with Gasteiger partial charge in [-0.25, -0.2) is 0 Å². The second-order valence-corrected chi connectivity index (χ2v) is 4.90. The summed E-state index contributed by atoms with van der Waals surface area (Å²) in [5.41, 5.74) is 6.62. The van der Waals surface area contributed by atoms with Crippen molar-refractivity contribution in [3.63, 3.8) is 0 Å². The van der Waals surface area contributed by atoms with Crippen LogP contribution in [0.1, 0.15) is 40.0 Å². The monoisotopic (exact) mass is 251 g/mol. The van der Waals surface area contributed by atoms with E-state index in [9.17, 15) is 0 Å². The van der Waals surface area contributed by atoms with Crippen LogP contribution in [-0.4, -0.2) is 13.2 Å². The van der Waals surface area contributed by atoms with E-state index in [1.807, 2.05) is 18.2 Å². The highest BCUT2D eigenvalue weighted by molar-refractivity contribution is 5.62. The van der Waals surface area contributed by atoms with Crippen molar-refractivity contribution in [1.82, 2.24) is 0 Å². The Labute approximate surface area is 110 Å². The van der Waals surface area contributed by atoms with E-state index in [2.05, 4.69) is 20.8 Å². The largest absolute Gasteiger partial charge is 0.491 e. The number of benzene rings is 1. The van der Waals surface area contributed by atoms with Crippen LogP contribution in [0.3, 0.4) is 0 Å². The highest BCUT2D eigenvalue weighted by Crippen LogP contribution is 2.31. The van der Waals surface area contributed by atoms with Gasteiger partial charge in [0.1, 0.15) is 17.2 Å². The topological polar surface area (TPSA) is 44.5 Å². The highest BCUT2D eigenvalue weighted by Gasteiger charge is 2.06. The van der Waals surface area contributed by atoms with Gasteiger partial charge >= 0.3 is 0 Å². The molecule has 0 radical (unpaired) electrons. The fraction of sp³-hybridized carbons (Fsp3) is 0.600. The molecular weight excluding hydrogens is 226 g/mol. The third kappa shape index (κ3) is 4.86. The summed E-state index contributed by atoms with van der Waals surface area (Å²) in [7, 11) is 0. The Hall–Kier alpha value is -1.38. The van der Waals surface area contributed by atoms with Crippen molar-refractivity contribution in [3.05, 3.63) is 18.2 Å². The molecule has 1 rings (SSSR count). The van der Waals surface area contributed by atoms with Crippen LogP contribution in [0, 0.1) is 5.92 Å². The molecule has 0 aliphatic rings. The van der Waals surface area contributed by atoms with Gasteiger partial charge in [0.25, 0.3) is 0 Å². The average molecular weight is 251 g/mol. The average Bonchev–Trinajstić information content (AvgIpc) is 2.34. The Morgan fingerprint density at radius 1 is 1.11 bits per heavy atom. The molecule has 102 valence electrons. The molecule has 0 saturated heterocycles. The van der Waals surface area contributed by atoms with E-state index < -0.39 is 0 Å². The minimum Gasteiger partial charge on any atom is -0.491 e. The molecule has 0 fully saturated rings. The number of ether oxygens (including phenoxy) is 2. The first-order valence-electron chi connectivity index (χ1n) is 6.79. The van der Waals surface area contributed by atoms with E-state index >= 15 is 0 Å². The molecule has 0 heterocycles. The van der Waals surface area contributed by atoms with E-state index in [1.54, 1.807) is 0 Å². The lowest BCUT2D eigenvalue weighted by Gasteiger charge is -2.13. The minimum atomic E-state index is 0.607. The van der Waals surface area contributed by atoms with Crippen LogP contribution in [0.25, 0.3) is 0 Å². The van der Waals surface area contributed by atoms with E-state index in [-0.39, 0.29) is 0 Å². The van der Waals surface area contributed by atoms with Crippen LogP contribution >= 0.6 is 0 Å². The van der Waals surface area contributed by atoms with E-state index in [0.29, 0.717) is 24.8 Å². The molecule has 2 N–H and O–H groups in total. The van der Waals surface area contributed by atoms with Crippen LogP contribution < -0.4 is 15.2 Å². The summed E-state index contributed by atoms with van der Waals surface area (Å²) in [5.74, 6) is 2.16. The van der Waals surface area contributed by atoms with Crippen molar-refractivity contribution in [2.24, 2.45) is 5.92 Å².